The van der Waals surface area contributed by atoms with E-state index in [-0.39, 0.29) is 6.61 Å². The lowest BCUT2D eigenvalue weighted by Gasteiger charge is -2.11. The second kappa shape index (κ2) is 6.74. The van der Waals surface area contributed by atoms with E-state index in [1.165, 1.54) is 6.07 Å². The van der Waals surface area contributed by atoms with E-state index in [2.05, 4.69) is 15.9 Å². The van der Waals surface area contributed by atoms with Crippen LogP contribution in [0.5, 0.6) is 5.75 Å². The van der Waals surface area contributed by atoms with Gasteiger partial charge in [-0.25, -0.2) is 4.39 Å². The Morgan fingerprint density at radius 3 is 2.65 bits per heavy atom. The van der Waals surface area contributed by atoms with Gasteiger partial charge in [-0.15, -0.1) is 0 Å². The third kappa shape index (κ3) is 3.50. The predicted octanol–water partition coefficient (Wildman–Crippen LogP) is 4.82. The number of nitriles is 1. The van der Waals surface area contributed by atoms with Gasteiger partial charge in [0.2, 0.25) is 0 Å². The number of rotatable bonds is 4. The number of alkyl halides is 1. The predicted molar refractivity (Wildman–Crippen MR) is 79.5 cm³/mol. The van der Waals surface area contributed by atoms with Gasteiger partial charge >= 0.3 is 0 Å². The minimum atomic E-state index is -0.446. The number of ether oxygens (including phenoxy) is 1. The molecule has 0 radical (unpaired) electrons. The Labute approximate surface area is 129 Å². The summed E-state index contributed by atoms with van der Waals surface area (Å²) < 4.78 is 19.3. The van der Waals surface area contributed by atoms with Crippen molar-refractivity contribution in [2.24, 2.45) is 0 Å². The SMILES string of the molecule is N#Cc1ccc(COc2ccc(Cl)cc2CBr)c(F)c1. The van der Waals surface area contributed by atoms with Gasteiger partial charge in [-0.1, -0.05) is 33.6 Å². The first kappa shape index (κ1) is 14.8. The van der Waals surface area contributed by atoms with Crippen LogP contribution in [0.3, 0.4) is 0 Å². The molecule has 0 bridgehead atoms. The Bertz CT molecular complexity index is 669. The van der Waals surface area contributed by atoms with Crippen molar-refractivity contribution in [2.45, 2.75) is 11.9 Å². The molecular weight excluding hydrogens is 345 g/mol. The van der Waals surface area contributed by atoms with Crippen molar-refractivity contribution in [3.05, 3.63) is 63.9 Å². The third-order valence-electron chi connectivity index (χ3n) is 2.73. The van der Waals surface area contributed by atoms with Crippen LogP contribution in [0.4, 0.5) is 4.39 Å². The van der Waals surface area contributed by atoms with Gasteiger partial charge in [-0.3, -0.25) is 0 Å². The minimum absolute atomic E-state index is 0.0964. The van der Waals surface area contributed by atoms with Gasteiger partial charge in [-0.2, -0.15) is 5.26 Å². The molecule has 5 heteroatoms. The van der Waals surface area contributed by atoms with Gasteiger partial charge in [0.05, 0.1) is 11.6 Å². The maximum atomic E-state index is 13.7. The van der Waals surface area contributed by atoms with Crippen LogP contribution in [-0.4, -0.2) is 0 Å². The summed E-state index contributed by atoms with van der Waals surface area (Å²) in [5.41, 5.74) is 1.59. The molecule has 0 spiro atoms. The fourth-order valence-corrected chi connectivity index (χ4v) is 2.32. The number of hydrogen-bond acceptors (Lipinski definition) is 2. The summed E-state index contributed by atoms with van der Waals surface area (Å²) in [7, 11) is 0. The molecule has 0 fully saturated rings. The summed E-state index contributed by atoms with van der Waals surface area (Å²) in [6.45, 7) is 0.0964. The van der Waals surface area contributed by atoms with E-state index in [1.807, 2.05) is 6.07 Å². The molecule has 0 amide bonds. The number of nitrogens with zero attached hydrogens (tertiary/aromatic N) is 1. The van der Waals surface area contributed by atoms with Crippen LogP contribution in [0.15, 0.2) is 36.4 Å². The maximum absolute atomic E-state index is 13.7. The zero-order valence-electron chi connectivity index (χ0n) is 10.4. The second-order valence-corrected chi connectivity index (χ2v) is 5.09. The zero-order chi connectivity index (χ0) is 14.5. The van der Waals surface area contributed by atoms with Crippen LogP contribution in [0.25, 0.3) is 0 Å². The zero-order valence-corrected chi connectivity index (χ0v) is 12.7. The fraction of sp³-hybridized carbons (Fsp3) is 0.133. The summed E-state index contributed by atoms with van der Waals surface area (Å²) in [4.78, 5) is 0. The lowest BCUT2D eigenvalue weighted by molar-refractivity contribution is 0.297. The molecule has 2 aromatic rings. The number of hydrogen-bond donors (Lipinski definition) is 0. The molecule has 0 aliphatic carbocycles. The summed E-state index contributed by atoms with van der Waals surface area (Å²) in [6.07, 6.45) is 0. The molecule has 0 atom stereocenters. The van der Waals surface area contributed by atoms with E-state index in [9.17, 15) is 4.39 Å². The van der Waals surface area contributed by atoms with Crippen molar-refractivity contribution in [1.29, 1.82) is 5.26 Å². The molecule has 0 saturated heterocycles. The van der Waals surface area contributed by atoms with E-state index in [1.54, 1.807) is 30.3 Å². The average Bonchev–Trinajstić information content (AvgIpc) is 2.46. The largest absolute Gasteiger partial charge is 0.488 e. The van der Waals surface area contributed by atoms with Crippen molar-refractivity contribution >= 4 is 27.5 Å². The second-order valence-electron chi connectivity index (χ2n) is 4.09. The molecule has 2 nitrogen and oxygen atoms in total. The van der Waals surface area contributed by atoms with Crippen molar-refractivity contribution in [2.75, 3.05) is 0 Å². The number of halogens is 3. The van der Waals surface area contributed by atoms with Crippen LogP contribution in [0.1, 0.15) is 16.7 Å². The average molecular weight is 355 g/mol. The van der Waals surface area contributed by atoms with E-state index in [0.717, 1.165) is 5.56 Å². The van der Waals surface area contributed by atoms with Gasteiger partial charge in [0, 0.05) is 21.5 Å². The van der Waals surface area contributed by atoms with Crippen LogP contribution in [0, 0.1) is 17.1 Å². The first-order valence-corrected chi connectivity index (χ1v) is 7.29. The van der Waals surface area contributed by atoms with Gasteiger partial charge < -0.3 is 4.74 Å². The van der Waals surface area contributed by atoms with Crippen molar-refractivity contribution < 1.29 is 9.13 Å². The highest BCUT2D eigenvalue weighted by Crippen LogP contribution is 2.26. The maximum Gasteiger partial charge on any atom is 0.131 e. The van der Waals surface area contributed by atoms with Crippen molar-refractivity contribution in [1.82, 2.24) is 0 Å². The summed E-state index contributed by atoms with van der Waals surface area (Å²) in [6, 6.07) is 11.5. The topological polar surface area (TPSA) is 33.0 Å². The molecule has 0 saturated carbocycles. The van der Waals surface area contributed by atoms with Crippen molar-refractivity contribution in [3.8, 4) is 11.8 Å². The molecule has 0 aliphatic rings. The fourth-order valence-electron chi connectivity index (χ4n) is 1.68. The van der Waals surface area contributed by atoms with Crippen molar-refractivity contribution in [3.63, 3.8) is 0 Å². The van der Waals surface area contributed by atoms with Crippen LogP contribution in [0.2, 0.25) is 5.02 Å². The van der Waals surface area contributed by atoms with E-state index in [0.29, 0.717) is 27.2 Å². The quantitative estimate of drug-likeness (QED) is 0.737. The van der Waals surface area contributed by atoms with E-state index < -0.39 is 5.82 Å². The summed E-state index contributed by atoms with van der Waals surface area (Å²) in [5, 5.41) is 9.91. The molecule has 0 heterocycles. The van der Waals surface area contributed by atoms with E-state index in [4.69, 9.17) is 21.6 Å². The monoisotopic (exact) mass is 353 g/mol. The van der Waals surface area contributed by atoms with Crippen LogP contribution < -0.4 is 4.74 Å². The Morgan fingerprint density at radius 2 is 2.00 bits per heavy atom. The molecular formula is C15H10BrClFNO. The van der Waals surface area contributed by atoms with Gasteiger partial charge in [0.15, 0.2) is 0 Å². The summed E-state index contributed by atoms with van der Waals surface area (Å²) in [5.74, 6) is 0.202. The Balaban J connectivity index is 2.15. The first-order valence-electron chi connectivity index (χ1n) is 5.79. The number of benzene rings is 2. The molecule has 102 valence electrons. The van der Waals surface area contributed by atoms with Gasteiger partial charge in [0.1, 0.15) is 18.2 Å². The molecule has 20 heavy (non-hydrogen) atoms. The Kier molecular flexibility index (Phi) is 4.99. The molecule has 0 N–H and O–H groups in total. The lowest BCUT2D eigenvalue weighted by atomic mass is 10.1. The smallest absolute Gasteiger partial charge is 0.131 e. The molecule has 0 aromatic heterocycles. The highest BCUT2D eigenvalue weighted by Gasteiger charge is 2.07. The standard InChI is InChI=1S/C15H10BrClFNO/c16-7-12-6-13(17)3-4-15(12)20-9-11-2-1-10(8-19)5-14(11)18/h1-6H,7,9H2. The Morgan fingerprint density at radius 1 is 1.20 bits per heavy atom. The van der Waals surface area contributed by atoms with Crippen LogP contribution >= 0.6 is 27.5 Å². The molecule has 0 aliphatic heterocycles. The first-order chi connectivity index (χ1) is 9.63. The van der Waals surface area contributed by atoms with Crippen LogP contribution in [-0.2, 0) is 11.9 Å². The van der Waals surface area contributed by atoms with E-state index >= 15 is 0 Å². The normalized spacial score (nSPS) is 10.1. The highest BCUT2D eigenvalue weighted by atomic mass is 79.9. The summed E-state index contributed by atoms with van der Waals surface area (Å²) >= 11 is 9.26. The Hall–Kier alpha value is -1.57. The molecule has 2 aromatic carbocycles. The highest BCUT2D eigenvalue weighted by molar-refractivity contribution is 9.08. The minimum Gasteiger partial charge on any atom is -0.488 e. The van der Waals surface area contributed by atoms with Gasteiger partial charge in [0.25, 0.3) is 0 Å². The molecule has 2 rings (SSSR count). The molecule has 0 unspecified atom stereocenters. The van der Waals surface area contributed by atoms with Gasteiger partial charge in [-0.05, 0) is 30.3 Å². The lowest BCUT2D eigenvalue weighted by Crippen LogP contribution is -2.00. The third-order valence-corrected chi connectivity index (χ3v) is 3.57.